The summed E-state index contributed by atoms with van der Waals surface area (Å²) in [6.07, 6.45) is 5.51. The van der Waals surface area contributed by atoms with Gasteiger partial charge in [-0.3, -0.25) is 0 Å². The van der Waals surface area contributed by atoms with Crippen LogP contribution in [0.5, 0.6) is 5.88 Å². The van der Waals surface area contributed by atoms with E-state index in [0.29, 0.717) is 5.88 Å². The van der Waals surface area contributed by atoms with Crippen molar-refractivity contribution in [3.63, 3.8) is 0 Å². The van der Waals surface area contributed by atoms with E-state index < -0.39 is 0 Å². The number of pyridine rings is 1. The van der Waals surface area contributed by atoms with Crippen LogP contribution in [0.15, 0.2) is 43.0 Å². The van der Waals surface area contributed by atoms with Gasteiger partial charge in [0.1, 0.15) is 12.0 Å². The molecule has 0 spiro atoms. The average Bonchev–Trinajstić information content (AvgIpc) is 3.16. The Kier molecular flexibility index (Phi) is 4.09. The first-order chi connectivity index (χ1) is 13.7. The number of H-pyrrole nitrogens is 1. The van der Waals surface area contributed by atoms with Gasteiger partial charge in [0.25, 0.3) is 0 Å². The topological polar surface area (TPSA) is 70.2 Å². The number of hydrogen-bond acceptors (Lipinski definition) is 6. The van der Waals surface area contributed by atoms with Gasteiger partial charge in [-0.1, -0.05) is 6.07 Å². The molecule has 1 aliphatic heterocycles. The maximum Gasteiger partial charge on any atom is 0.224 e. The number of likely N-dealkylation sites (N-methyl/N-ethyl adjacent to an activating group) is 1. The van der Waals surface area contributed by atoms with Crippen molar-refractivity contribution in [1.82, 2.24) is 24.8 Å². The van der Waals surface area contributed by atoms with Crippen molar-refractivity contribution in [2.75, 3.05) is 45.2 Å². The maximum atomic E-state index is 5.41. The van der Waals surface area contributed by atoms with E-state index in [1.807, 2.05) is 18.5 Å². The number of aromatic nitrogens is 4. The van der Waals surface area contributed by atoms with E-state index in [4.69, 9.17) is 4.74 Å². The summed E-state index contributed by atoms with van der Waals surface area (Å²) in [6, 6.07) is 8.41. The third-order valence-corrected chi connectivity index (χ3v) is 5.49. The van der Waals surface area contributed by atoms with Crippen molar-refractivity contribution in [1.29, 1.82) is 0 Å². The minimum atomic E-state index is 0.586. The number of fused-ring (bicyclic) bond motifs is 2. The second kappa shape index (κ2) is 6.76. The van der Waals surface area contributed by atoms with E-state index in [1.165, 1.54) is 12.0 Å². The summed E-state index contributed by atoms with van der Waals surface area (Å²) in [7, 11) is 3.80. The van der Waals surface area contributed by atoms with Crippen LogP contribution in [-0.2, 0) is 0 Å². The number of nitrogens with one attached hydrogen (secondary N) is 1. The lowest BCUT2D eigenvalue weighted by molar-refractivity contribution is 0.313. The molecule has 142 valence electrons. The van der Waals surface area contributed by atoms with Crippen molar-refractivity contribution in [3.05, 3.63) is 43.0 Å². The standard InChI is InChI=1S/C21H22N6O/c1-26-5-7-27(8-6-26)15-10-16-18(12-23-20(16)22-11-15)14-3-4-19-17(9-14)21(28-2)25-13-24-19/h3-4,9-13H,5-8H2,1-2H3,(H,22,23). The molecule has 5 rings (SSSR count). The first kappa shape index (κ1) is 16.9. The largest absolute Gasteiger partial charge is 0.480 e. The molecule has 1 N–H and O–H groups in total. The summed E-state index contributed by atoms with van der Waals surface area (Å²) in [5, 5.41) is 2.02. The van der Waals surface area contributed by atoms with E-state index in [0.717, 1.165) is 59.2 Å². The maximum absolute atomic E-state index is 5.41. The Morgan fingerprint density at radius 3 is 2.68 bits per heavy atom. The van der Waals surface area contributed by atoms with Crippen molar-refractivity contribution in [3.8, 4) is 17.0 Å². The molecule has 0 radical (unpaired) electrons. The van der Waals surface area contributed by atoms with Crippen LogP contribution in [0.3, 0.4) is 0 Å². The molecule has 7 nitrogen and oxygen atoms in total. The van der Waals surface area contributed by atoms with E-state index in [9.17, 15) is 0 Å². The fourth-order valence-corrected chi connectivity index (χ4v) is 3.83. The number of aromatic amines is 1. The second-order valence-electron chi connectivity index (χ2n) is 7.20. The molecule has 1 fully saturated rings. The number of rotatable bonds is 3. The molecule has 4 heterocycles. The Morgan fingerprint density at radius 2 is 1.86 bits per heavy atom. The molecular weight excluding hydrogens is 352 g/mol. The van der Waals surface area contributed by atoms with Crippen molar-refractivity contribution < 1.29 is 4.74 Å². The third kappa shape index (κ3) is 2.84. The van der Waals surface area contributed by atoms with Gasteiger partial charge in [-0.15, -0.1) is 0 Å². The summed E-state index contributed by atoms with van der Waals surface area (Å²) in [5.74, 6) is 0.586. The van der Waals surface area contributed by atoms with Crippen LogP contribution in [0.25, 0.3) is 33.1 Å². The Balaban J connectivity index is 1.59. The molecule has 7 heteroatoms. The van der Waals surface area contributed by atoms with Gasteiger partial charge in [-0.05, 0) is 30.8 Å². The first-order valence-corrected chi connectivity index (χ1v) is 9.42. The molecule has 1 aromatic carbocycles. The van der Waals surface area contributed by atoms with Gasteiger partial charge in [0.2, 0.25) is 5.88 Å². The predicted octanol–water partition coefficient (Wildman–Crippen LogP) is 2.93. The van der Waals surface area contributed by atoms with E-state index in [2.05, 4.69) is 55.0 Å². The molecule has 0 saturated carbocycles. The van der Waals surface area contributed by atoms with Gasteiger partial charge in [-0.25, -0.2) is 15.0 Å². The fourth-order valence-electron chi connectivity index (χ4n) is 3.83. The van der Waals surface area contributed by atoms with Gasteiger partial charge in [0.15, 0.2) is 0 Å². The monoisotopic (exact) mass is 374 g/mol. The summed E-state index contributed by atoms with van der Waals surface area (Å²) in [4.78, 5) is 21.3. The van der Waals surface area contributed by atoms with E-state index in [-0.39, 0.29) is 0 Å². The number of anilines is 1. The van der Waals surface area contributed by atoms with Crippen LogP contribution >= 0.6 is 0 Å². The number of hydrogen-bond donors (Lipinski definition) is 1. The number of benzene rings is 1. The van der Waals surface area contributed by atoms with Crippen molar-refractivity contribution >= 4 is 27.6 Å². The zero-order valence-corrected chi connectivity index (χ0v) is 16.0. The number of methoxy groups -OCH3 is 1. The molecule has 1 saturated heterocycles. The van der Waals surface area contributed by atoms with Crippen LogP contribution in [0.4, 0.5) is 5.69 Å². The summed E-state index contributed by atoms with van der Waals surface area (Å²) < 4.78 is 5.41. The van der Waals surface area contributed by atoms with Crippen LogP contribution in [0.1, 0.15) is 0 Å². The lowest BCUT2D eigenvalue weighted by Gasteiger charge is -2.33. The van der Waals surface area contributed by atoms with E-state index in [1.54, 1.807) is 7.11 Å². The SMILES string of the molecule is COc1ncnc2ccc(-c3c[nH]c4ncc(N5CCN(C)CC5)cc34)cc12. The normalized spacial score (nSPS) is 15.4. The molecule has 0 unspecified atom stereocenters. The van der Waals surface area contributed by atoms with Crippen LogP contribution < -0.4 is 9.64 Å². The molecule has 4 aromatic rings. The van der Waals surface area contributed by atoms with E-state index >= 15 is 0 Å². The number of piperazine rings is 1. The molecule has 0 atom stereocenters. The minimum Gasteiger partial charge on any atom is -0.480 e. The van der Waals surface area contributed by atoms with Gasteiger partial charge < -0.3 is 19.5 Å². The second-order valence-corrected chi connectivity index (χ2v) is 7.20. The number of nitrogens with zero attached hydrogens (tertiary/aromatic N) is 5. The van der Waals surface area contributed by atoms with Crippen LogP contribution in [0, 0.1) is 0 Å². The molecule has 0 bridgehead atoms. The molecule has 28 heavy (non-hydrogen) atoms. The highest BCUT2D eigenvalue weighted by Crippen LogP contribution is 2.33. The third-order valence-electron chi connectivity index (χ3n) is 5.49. The van der Waals surface area contributed by atoms with Crippen molar-refractivity contribution in [2.45, 2.75) is 0 Å². The Hall–Kier alpha value is -3.19. The highest BCUT2D eigenvalue weighted by atomic mass is 16.5. The highest BCUT2D eigenvalue weighted by Gasteiger charge is 2.17. The first-order valence-electron chi connectivity index (χ1n) is 9.42. The van der Waals surface area contributed by atoms with Gasteiger partial charge in [0, 0.05) is 43.3 Å². The zero-order chi connectivity index (χ0) is 19.1. The molecule has 1 aliphatic rings. The van der Waals surface area contributed by atoms with Gasteiger partial charge >= 0.3 is 0 Å². The highest BCUT2D eigenvalue weighted by molar-refractivity contribution is 5.98. The molecule has 3 aromatic heterocycles. The Morgan fingerprint density at radius 1 is 1.00 bits per heavy atom. The average molecular weight is 374 g/mol. The quantitative estimate of drug-likeness (QED) is 0.595. The summed E-state index contributed by atoms with van der Waals surface area (Å²) in [5.41, 5.74) is 5.13. The summed E-state index contributed by atoms with van der Waals surface area (Å²) >= 11 is 0. The lowest BCUT2D eigenvalue weighted by Crippen LogP contribution is -2.44. The molecular formula is C21H22N6O. The van der Waals surface area contributed by atoms with Crippen LogP contribution in [0.2, 0.25) is 0 Å². The molecule has 0 amide bonds. The summed E-state index contributed by atoms with van der Waals surface area (Å²) in [6.45, 7) is 4.19. The lowest BCUT2D eigenvalue weighted by atomic mass is 10.0. The predicted molar refractivity (Wildman–Crippen MR) is 111 cm³/mol. The number of ether oxygens (including phenoxy) is 1. The minimum absolute atomic E-state index is 0.586. The van der Waals surface area contributed by atoms with Crippen LogP contribution in [-0.4, -0.2) is 65.2 Å². The smallest absolute Gasteiger partial charge is 0.224 e. The fraction of sp³-hybridized carbons (Fsp3) is 0.286. The molecule has 0 aliphatic carbocycles. The van der Waals surface area contributed by atoms with Gasteiger partial charge in [-0.2, -0.15) is 0 Å². The Labute approximate surface area is 163 Å². The van der Waals surface area contributed by atoms with Crippen molar-refractivity contribution in [2.24, 2.45) is 0 Å². The zero-order valence-electron chi connectivity index (χ0n) is 16.0. The Bertz CT molecular complexity index is 1150. The van der Waals surface area contributed by atoms with Gasteiger partial charge in [0.05, 0.1) is 29.9 Å².